The lowest BCUT2D eigenvalue weighted by Crippen LogP contribution is -2.25. The van der Waals surface area contributed by atoms with Gasteiger partial charge in [-0.2, -0.15) is 0 Å². The third kappa shape index (κ3) is 3.12. The summed E-state index contributed by atoms with van der Waals surface area (Å²) in [7, 11) is 0. The van der Waals surface area contributed by atoms with Crippen LogP contribution in [0.5, 0.6) is 0 Å². The van der Waals surface area contributed by atoms with E-state index in [9.17, 15) is 9.18 Å². The fraction of sp³-hybridized carbons (Fsp3) is 0.364. The molecule has 3 N–H and O–H groups in total. The van der Waals surface area contributed by atoms with Crippen LogP contribution < -0.4 is 10.6 Å². The molecule has 0 fully saturated rings. The standard InChI is InChI=1S/C11H15FN2O2/c1-2-14(6-5-11(15)16)8-3-4-10(13)9(12)7-8/h3-4,7H,2,5-6,13H2,1H3,(H,15,16). The van der Waals surface area contributed by atoms with Crippen LogP contribution in [0.3, 0.4) is 0 Å². The molecule has 0 spiro atoms. The van der Waals surface area contributed by atoms with E-state index in [1.807, 2.05) is 6.92 Å². The van der Waals surface area contributed by atoms with E-state index in [0.29, 0.717) is 18.8 Å². The Kier molecular flexibility index (Phi) is 4.10. The van der Waals surface area contributed by atoms with Crippen LogP contribution in [0.2, 0.25) is 0 Å². The lowest BCUT2D eigenvalue weighted by molar-refractivity contribution is -0.136. The lowest BCUT2D eigenvalue weighted by atomic mass is 10.2. The van der Waals surface area contributed by atoms with E-state index in [2.05, 4.69) is 0 Å². The highest BCUT2D eigenvalue weighted by atomic mass is 19.1. The minimum absolute atomic E-state index is 0.0276. The maximum Gasteiger partial charge on any atom is 0.305 e. The van der Waals surface area contributed by atoms with E-state index in [-0.39, 0.29) is 12.1 Å². The molecular formula is C11H15FN2O2. The molecule has 5 heteroatoms. The van der Waals surface area contributed by atoms with Gasteiger partial charge in [0.25, 0.3) is 0 Å². The number of carbonyl (C=O) groups is 1. The summed E-state index contributed by atoms with van der Waals surface area (Å²) in [5.41, 5.74) is 6.11. The molecule has 0 heterocycles. The number of benzene rings is 1. The molecule has 4 nitrogen and oxygen atoms in total. The summed E-state index contributed by atoms with van der Waals surface area (Å²) in [5, 5.41) is 8.58. The molecular weight excluding hydrogens is 211 g/mol. The molecule has 0 aromatic heterocycles. The summed E-state index contributed by atoms with van der Waals surface area (Å²) in [4.78, 5) is 12.2. The highest BCUT2D eigenvalue weighted by Crippen LogP contribution is 2.19. The van der Waals surface area contributed by atoms with Crippen molar-refractivity contribution in [2.75, 3.05) is 23.7 Å². The zero-order valence-electron chi connectivity index (χ0n) is 9.11. The molecule has 0 atom stereocenters. The Morgan fingerprint density at radius 2 is 2.25 bits per heavy atom. The van der Waals surface area contributed by atoms with Crippen molar-refractivity contribution in [2.24, 2.45) is 0 Å². The quantitative estimate of drug-likeness (QED) is 0.750. The number of anilines is 2. The molecule has 0 unspecified atom stereocenters. The van der Waals surface area contributed by atoms with Gasteiger partial charge in [-0.05, 0) is 25.1 Å². The van der Waals surface area contributed by atoms with Crippen LogP contribution in [0.4, 0.5) is 15.8 Å². The molecule has 1 aromatic rings. The minimum atomic E-state index is -0.866. The predicted molar refractivity (Wildman–Crippen MR) is 61.0 cm³/mol. The average Bonchev–Trinajstić information content (AvgIpc) is 2.23. The van der Waals surface area contributed by atoms with Gasteiger partial charge in [-0.25, -0.2) is 4.39 Å². The maximum absolute atomic E-state index is 13.2. The smallest absolute Gasteiger partial charge is 0.305 e. The van der Waals surface area contributed by atoms with Crippen molar-refractivity contribution < 1.29 is 14.3 Å². The van der Waals surface area contributed by atoms with Crippen LogP contribution in [-0.4, -0.2) is 24.2 Å². The zero-order chi connectivity index (χ0) is 12.1. The van der Waals surface area contributed by atoms with Crippen molar-refractivity contribution >= 4 is 17.3 Å². The molecule has 16 heavy (non-hydrogen) atoms. The Bertz CT molecular complexity index is 382. The molecule has 88 valence electrons. The SMILES string of the molecule is CCN(CCC(=O)O)c1ccc(N)c(F)c1. The molecule has 0 saturated heterocycles. The number of nitrogens with two attached hydrogens (primary N) is 1. The van der Waals surface area contributed by atoms with Crippen LogP contribution in [0, 0.1) is 5.82 Å². The summed E-state index contributed by atoms with van der Waals surface area (Å²) >= 11 is 0. The fourth-order valence-corrected chi connectivity index (χ4v) is 1.41. The number of carboxylic acids is 1. The van der Waals surface area contributed by atoms with Gasteiger partial charge in [-0.3, -0.25) is 4.79 Å². The molecule has 0 aliphatic heterocycles. The number of carboxylic acid groups (broad SMARTS) is 1. The Labute approximate surface area is 93.5 Å². The number of halogens is 1. The monoisotopic (exact) mass is 226 g/mol. The number of nitrogens with zero attached hydrogens (tertiary/aromatic N) is 1. The van der Waals surface area contributed by atoms with Crippen LogP contribution >= 0.6 is 0 Å². The minimum Gasteiger partial charge on any atom is -0.481 e. The Hall–Kier alpha value is -1.78. The molecule has 0 saturated carbocycles. The first-order valence-corrected chi connectivity index (χ1v) is 5.06. The topological polar surface area (TPSA) is 66.6 Å². The van der Waals surface area contributed by atoms with Crippen molar-refractivity contribution in [3.63, 3.8) is 0 Å². The fourth-order valence-electron chi connectivity index (χ4n) is 1.41. The van der Waals surface area contributed by atoms with E-state index < -0.39 is 11.8 Å². The number of aliphatic carboxylic acids is 1. The third-order valence-electron chi connectivity index (χ3n) is 2.33. The molecule has 0 radical (unpaired) electrons. The Morgan fingerprint density at radius 1 is 1.56 bits per heavy atom. The third-order valence-corrected chi connectivity index (χ3v) is 2.33. The summed E-state index contributed by atoms with van der Waals surface area (Å²) in [6.45, 7) is 2.86. The second-order valence-corrected chi connectivity index (χ2v) is 3.43. The summed E-state index contributed by atoms with van der Waals surface area (Å²) in [6.07, 6.45) is 0.0276. The van der Waals surface area contributed by atoms with Crippen LogP contribution in [0.25, 0.3) is 0 Å². The molecule has 0 amide bonds. The van der Waals surface area contributed by atoms with Crippen molar-refractivity contribution in [3.8, 4) is 0 Å². The Balaban J connectivity index is 2.78. The van der Waals surface area contributed by atoms with Crippen LogP contribution in [0.1, 0.15) is 13.3 Å². The second-order valence-electron chi connectivity index (χ2n) is 3.43. The number of nitrogen functional groups attached to an aromatic ring is 1. The van der Waals surface area contributed by atoms with Gasteiger partial charge in [0.2, 0.25) is 0 Å². The van der Waals surface area contributed by atoms with Gasteiger partial charge in [-0.15, -0.1) is 0 Å². The molecule has 0 aliphatic rings. The van der Waals surface area contributed by atoms with E-state index in [4.69, 9.17) is 10.8 Å². The summed E-state index contributed by atoms with van der Waals surface area (Å²) < 4.78 is 13.2. The highest BCUT2D eigenvalue weighted by Gasteiger charge is 2.08. The van der Waals surface area contributed by atoms with Crippen molar-refractivity contribution in [1.29, 1.82) is 0 Å². The molecule has 1 rings (SSSR count). The van der Waals surface area contributed by atoms with Crippen LogP contribution in [0.15, 0.2) is 18.2 Å². The van der Waals surface area contributed by atoms with Gasteiger partial charge < -0.3 is 15.7 Å². The molecule has 0 aliphatic carbocycles. The van der Waals surface area contributed by atoms with Gasteiger partial charge in [0, 0.05) is 18.8 Å². The predicted octanol–water partition coefficient (Wildman–Crippen LogP) is 1.71. The maximum atomic E-state index is 13.2. The first-order valence-electron chi connectivity index (χ1n) is 5.06. The first-order chi connectivity index (χ1) is 7.54. The molecule has 1 aromatic carbocycles. The number of rotatable bonds is 5. The van der Waals surface area contributed by atoms with E-state index in [1.165, 1.54) is 12.1 Å². The second kappa shape index (κ2) is 5.34. The van der Waals surface area contributed by atoms with Crippen molar-refractivity contribution in [3.05, 3.63) is 24.0 Å². The number of hydrogen-bond acceptors (Lipinski definition) is 3. The van der Waals surface area contributed by atoms with Gasteiger partial charge in [0.1, 0.15) is 5.82 Å². The van der Waals surface area contributed by atoms with Crippen molar-refractivity contribution in [2.45, 2.75) is 13.3 Å². The largest absolute Gasteiger partial charge is 0.481 e. The summed E-state index contributed by atoms with van der Waals surface area (Å²) in [6, 6.07) is 4.48. The van der Waals surface area contributed by atoms with E-state index in [0.717, 1.165) is 0 Å². The molecule has 0 bridgehead atoms. The van der Waals surface area contributed by atoms with Gasteiger partial charge in [0.05, 0.1) is 12.1 Å². The lowest BCUT2D eigenvalue weighted by Gasteiger charge is -2.22. The van der Waals surface area contributed by atoms with Gasteiger partial charge in [0.15, 0.2) is 0 Å². The van der Waals surface area contributed by atoms with Crippen molar-refractivity contribution in [1.82, 2.24) is 0 Å². The van der Waals surface area contributed by atoms with E-state index >= 15 is 0 Å². The van der Waals surface area contributed by atoms with Gasteiger partial charge in [-0.1, -0.05) is 0 Å². The summed E-state index contributed by atoms with van der Waals surface area (Å²) in [5.74, 6) is -1.35. The normalized spacial score (nSPS) is 10.1. The Morgan fingerprint density at radius 3 is 2.75 bits per heavy atom. The van der Waals surface area contributed by atoms with E-state index in [1.54, 1.807) is 11.0 Å². The first kappa shape index (κ1) is 12.3. The highest BCUT2D eigenvalue weighted by molar-refractivity contribution is 5.67. The van der Waals surface area contributed by atoms with Crippen LogP contribution in [-0.2, 0) is 4.79 Å². The number of hydrogen-bond donors (Lipinski definition) is 2. The van der Waals surface area contributed by atoms with Gasteiger partial charge >= 0.3 is 5.97 Å². The zero-order valence-corrected chi connectivity index (χ0v) is 9.11. The average molecular weight is 226 g/mol.